The van der Waals surface area contributed by atoms with Crippen LogP contribution in [-0.4, -0.2) is 17.4 Å². The molecule has 0 heterocycles. The Morgan fingerprint density at radius 3 is 2.29 bits per heavy atom. The first-order valence-corrected chi connectivity index (χ1v) is 6.25. The molecule has 0 aliphatic rings. The first-order chi connectivity index (χ1) is 8.10. The predicted molar refractivity (Wildman–Crippen MR) is 75.4 cm³/mol. The van der Waals surface area contributed by atoms with Crippen LogP contribution in [0.1, 0.15) is 59.8 Å². The van der Waals surface area contributed by atoms with E-state index in [0.717, 1.165) is 43.5 Å². The molecule has 0 aromatic carbocycles. The molecule has 0 amide bonds. The van der Waals surface area contributed by atoms with Crippen molar-refractivity contribution >= 4 is 17.4 Å². The van der Waals surface area contributed by atoms with E-state index in [2.05, 4.69) is 34.6 Å². The Labute approximate surface area is 104 Å². The summed E-state index contributed by atoms with van der Waals surface area (Å²) < 4.78 is 0. The van der Waals surface area contributed by atoms with Crippen molar-refractivity contribution in [3.8, 4) is 0 Å². The molecule has 0 bridgehead atoms. The summed E-state index contributed by atoms with van der Waals surface area (Å²) in [6.07, 6.45) is 5.29. The van der Waals surface area contributed by atoms with Gasteiger partial charge >= 0.3 is 0 Å². The van der Waals surface area contributed by atoms with Crippen molar-refractivity contribution in [2.75, 3.05) is 0 Å². The number of nitrogens with zero attached hydrogens (tertiary/aromatic N) is 3. The molecule has 0 aliphatic heterocycles. The van der Waals surface area contributed by atoms with Crippen LogP contribution in [0.5, 0.6) is 0 Å². The first-order valence-electron chi connectivity index (χ1n) is 6.25. The zero-order valence-corrected chi connectivity index (χ0v) is 11.5. The van der Waals surface area contributed by atoms with Crippen LogP contribution in [0.4, 0.5) is 0 Å². The Morgan fingerprint density at radius 1 is 1.00 bits per heavy atom. The van der Waals surface area contributed by atoms with E-state index in [9.17, 15) is 0 Å². The standard InChI is InChI=1S/C12H25N5/c1-5-7-9-11(4)15-17-12(13)16-14-10(3)8-6-2/h5-9H2,1-4H3,(H3,13,16,17)/b14-10+,15-11+. The van der Waals surface area contributed by atoms with Crippen molar-refractivity contribution in [1.29, 1.82) is 0 Å². The second kappa shape index (κ2) is 9.81. The van der Waals surface area contributed by atoms with Gasteiger partial charge in [-0.3, -0.25) is 0 Å². The largest absolute Gasteiger partial charge is 0.367 e. The van der Waals surface area contributed by atoms with Crippen LogP contribution in [0.2, 0.25) is 0 Å². The summed E-state index contributed by atoms with van der Waals surface area (Å²) in [5.74, 6) is 0.233. The summed E-state index contributed by atoms with van der Waals surface area (Å²) in [4.78, 5) is 0. The fourth-order valence-corrected chi connectivity index (χ4v) is 1.21. The molecule has 0 saturated heterocycles. The number of hydrazone groups is 1. The van der Waals surface area contributed by atoms with E-state index >= 15 is 0 Å². The van der Waals surface area contributed by atoms with Gasteiger partial charge in [0.15, 0.2) is 0 Å². The zero-order chi connectivity index (χ0) is 13.1. The van der Waals surface area contributed by atoms with Gasteiger partial charge in [0.1, 0.15) is 0 Å². The summed E-state index contributed by atoms with van der Waals surface area (Å²) in [6, 6.07) is 0. The van der Waals surface area contributed by atoms with Crippen molar-refractivity contribution in [3.05, 3.63) is 0 Å². The smallest absolute Gasteiger partial charge is 0.234 e. The molecule has 0 spiro atoms. The van der Waals surface area contributed by atoms with Crippen LogP contribution in [0, 0.1) is 0 Å². The van der Waals surface area contributed by atoms with Crippen LogP contribution in [0.15, 0.2) is 15.3 Å². The Kier molecular flexibility index (Phi) is 9.01. The van der Waals surface area contributed by atoms with Gasteiger partial charge in [-0.25, -0.2) is 5.43 Å². The third-order valence-corrected chi connectivity index (χ3v) is 2.19. The van der Waals surface area contributed by atoms with Gasteiger partial charge in [0.2, 0.25) is 5.96 Å². The first kappa shape index (κ1) is 15.6. The highest BCUT2D eigenvalue weighted by atomic mass is 15.4. The lowest BCUT2D eigenvalue weighted by Crippen LogP contribution is -2.27. The van der Waals surface area contributed by atoms with Crippen LogP contribution in [0.25, 0.3) is 0 Å². The van der Waals surface area contributed by atoms with Crippen LogP contribution in [-0.2, 0) is 0 Å². The van der Waals surface area contributed by atoms with Crippen molar-refractivity contribution in [2.45, 2.75) is 59.8 Å². The van der Waals surface area contributed by atoms with E-state index in [1.54, 1.807) is 0 Å². The minimum atomic E-state index is 0.233. The van der Waals surface area contributed by atoms with Gasteiger partial charge in [-0.05, 0) is 33.1 Å². The Hall–Kier alpha value is -1.39. The van der Waals surface area contributed by atoms with Gasteiger partial charge in [-0.2, -0.15) is 10.2 Å². The fraction of sp³-hybridized carbons (Fsp3) is 0.750. The highest BCUT2D eigenvalue weighted by Crippen LogP contribution is 1.95. The lowest BCUT2D eigenvalue weighted by molar-refractivity contribution is 0.824. The Balaban J connectivity index is 4.11. The summed E-state index contributed by atoms with van der Waals surface area (Å²) in [7, 11) is 0. The molecule has 98 valence electrons. The summed E-state index contributed by atoms with van der Waals surface area (Å²) >= 11 is 0. The van der Waals surface area contributed by atoms with E-state index < -0.39 is 0 Å². The Morgan fingerprint density at radius 2 is 1.71 bits per heavy atom. The number of guanidine groups is 1. The second-order valence-electron chi connectivity index (χ2n) is 4.13. The average Bonchev–Trinajstić information content (AvgIpc) is 2.31. The minimum Gasteiger partial charge on any atom is -0.367 e. The van der Waals surface area contributed by atoms with E-state index in [4.69, 9.17) is 5.73 Å². The van der Waals surface area contributed by atoms with Gasteiger partial charge in [0, 0.05) is 11.4 Å². The molecular weight excluding hydrogens is 214 g/mol. The number of nitrogens with one attached hydrogen (secondary N) is 1. The van der Waals surface area contributed by atoms with Crippen LogP contribution in [0.3, 0.4) is 0 Å². The van der Waals surface area contributed by atoms with Crippen molar-refractivity contribution in [3.63, 3.8) is 0 Å². The molecule has 0 radical (unpaired) electrons. The highest BCUT2D eigenvalue weighted by molar-refractivity contribution is 5.86. The van der Waals surface area contributed by atoms with E-state index in [1.807, 2.05) is 13.8 Å². The Bertz CT molecular complexity index is 291. The molecule has 0 atom stereocenters. The minimum absolute atomic E-state index is 0.233. The third kappa shape index (κ3) is 9.53. The topological polar surface area (TPSA) is 75.1 Å². The molecule has 0 aromatic heterocycles. The maximum atomic E-state index is 5.62. The number of rotatable bonds is 7. The molecule has 17 heavy (non-hydrogen) atoms. The predicted octanol–water partition coefficient (Wildman–Crippen LogP) is 2.63. The van der Waals surface area contributed by atoms with E-state index in [0.29, 0.717) is 0 Å². The summed E-state index contributed by atoms with van der Waals surface area (Å²) in [5, 5.41) is 12.0. The van der Waals surface area contributed by atoms with Gasteiger partial charge in [0.25, 0.3) is 0 Å². The van der Waals surface area contributed by atoms with Crippen LogP contribution < -0.4 is 11.2 Å². The van der Waals surface area contributed by atoms with Crippen molar-refractivity contribution in [2.24, 2.45) is 21.0 Å². The maximum Gasteiger partial charge on any atom is 0.234 e. The number of hydrogen-bond donors (Lipinski definition) is 2. The highest BCUT2D eigenvalue weighted by Gasteiger charge is 1.93. The van der Waals surface area contributed by atoms with Gasteiger partial charge in [0.05, 0.1) is 0 Å². The molecular formula is C12H25N5. The normalized spacial score (nSPS) is 14.0. The van der Waals surface area contributed by atoms with Crippen LogP contribution >= 0.6 is 0 Å². The number of hydrogen-bond acceptors (Lipinski definition) is 3. The summed E-state index contributed by atoms with van der Waals surface area (Å²) in [6.45, 7) is 8.17. The fourth-order valence-electron chi connectivity index (χ4n) is 1.21. The molecule has 0 aliphatic carbocycles. The monoisotopic (exact) mass is 239 g/mol. The molecule has 0 aromatic rings. The number of unbranched alkanes of at least 4 members (excludes halogenated alkanes) is 1. The zero-order valence-electron chi connectivity index (χ0n) is 11.5. The van der Waals surface area contributed by atoms with E-state index in [1.165, 1.54) is 0 Å². The third-order valence-electron chi connectivity index (χ3n) is 2.19. The maximum absolute atomic E-state index is 5.62. The molecule has 3 N–H and O–H groups in total. The van der Waals surface area contributed by atoms with E-state index in [-0.39, 0.29) is 5.96 Å². The number of nitrogens with two attached hydrogens (primary N) is 1. The molecule has 0 unspecified atom stereocenters. The van der Waals surface area contributed by atoms with Gasteiger partial charge in [-0.1, -0.05) is 26.7 Å². The van der Waals surface area contributed by atoms with Crippen molar-refractivity contribution < 1.29 is 0 Å². The summed E-state index contributed by atoms with van der Waals surface area (Å²) in [5.41, 5.74) is 10.3. The molecule has 5 nitrogen and oxygen atoms in total. The van der Waals surface area contributed by atoms with Gasteiger partial charge in [-0.15, -0.1) is 5.10 Å². The quantitative estimate of drug-likeness (QED) is 0.407. The molecule has 5 heteroatoms. The molecule has 0 rings (SSSR count). The SMILES string of the molecule is CCCC/C(C)=N/N/C(N)=N/N=C(\C)CCC. The van der Waals surface area contributed by atoms with Gasteiger partial charge < -0.3 is 5.73 Å². The lowest BCUT2D eigenvalue weighted by Gasteiger charge is -2.01. The van der Waals surface area contributed by atoms with Crippen molar-refractivity contribution in [1.82, 2.24) is 5.43 Å². The molecule has 0 saturated carbocycles. The second-order valence-corrected chi connectivity index (χ2v) is 4.13. The molecule has 0 fully saturated rings. The average molecular weight is 239 g/mol. The lowest BCUT2D eigenvalue weighted by atomic mass is 10.2.